The number of halogens is 3. The van der Waals surface area contributed by atoms with Gasteiger partial charge >= 0.3 is 0 Å². The number of nitrogens with zero attached hydrogens (tertiary/aromatic N) is 1. The molecule has 1 aromatic rings. The highest BCUT2D eigenvalue weighted by molar-refractivity contribution is 5.26. The number of pyridine rings is 1. The highest BCUT2D eigenvalue weighted by atomic mass is 19.3. The molecule has 1 heterocycles. The molecule has 0 bridgehead atoms. The van der Waals surface area contributed by atoms with E-state index in [1.807, 2.05) is 13.8 Å². The summed E-state index contributed by atoms with van der Waals surface area (Å²) in [7, 11) is 0. The Morgan fingerprint density at radius 1 is 1.44 bits per heavy atom. The minimum absolute atomic E-state index is 0.0880. The van der Waals surface area contributed by atoms with Crippen molar-refractivity contribution in [3.63, 3.8) is 0 Å². The molecule has 0 aliphatic heterocycles. The predicted molar refractivity (Wildman–Crippen MR) is 54.4 cm³/mol. The first-order valence-electron chi connectivity index (χ1n) is 4.95. The third-order valence-electron chi connectivity index (χ3n) is 1.91. The Morgan fingerprint density at radius 3 is 2.56 bits per heavy atom. The van der Waals surface area contributed by atoms with Crippen molar-refractivity contribution in [2.24, 2.45) is 0 Å². The summed E-state index contributed by atoms with van der Waals surface area (Å²) >= 11 is 0. The van der Waals surface area contributed by atoms with Crippen molar-refractivity contribution in [1.82, 2.24) is 4.98 Å². The molecule has 2 nitrogen and oxygen atoms in total. The molecule has 1 aromatic heterocycles. The van der Waals surface area contributed by atoms with Crippen molar-refractivity contribution >= 4 is 0 Å². The van der Waals surface area contributed by atoms with Gasteiger partial charge in [0.15, 0.2) is 18.2 Å². The van der Waals surface area contributed by atoms with Crippen LogP contribution in [-0.2, 0) is 0 Å². The van der Waals surface area contributed by atoms with Crippen molar-refractivity contribution in [1.29, 1.82) is 0 Å². The Morgan fingerprint density at radius 2 is 2.06 bits per heavy atom. The summed E-state index contributed by atoms with van der Waals surface area (Å²) in [4.78, 5) is 3.84. The summed E-state index contributed by atoms with van der Waals surface area (Å²) in [6, 6.07) is 1.35. The maximum atomic E-state index is 13.2. The number of ether oxygens (including phenoxy) is 1. The van der Waals surface area contributed by atoms with Gasteiger partial charge in [0.2, 0.25) is 0 Å². The van der Waals surface area contributed by atoms with E-state index in [0.29, 0.717) is 5.69 Å². The largest absolute Gasteiger partial charge is 0.484 e. The molecule has 0 unspecified atom stereocenters. The van der Waals surface area contributed by atoms with Gasteiger partial charge in [-0.25, -0.2) is 13.2 Å². The fraction of sp³-hybridized carbons (Fsp3) is 0.545. The zero-order chi connectivity index (χ0) is 12.3. The number of alkyl halides is 2. The van der Waals surface area contributed by atoms with E-state index in [4.69, 9.17) is 4.74 Å². The fourth-order valence-corrected chi connectivity index (χ4v) is 1.07. The molecule has 0 atom stereocenters. The van der Waals surface area contributed by atoms with Crippen LogP contribution in [0.4, 0.5) is 13.2 Å². The van der Waals surface area contributed by atoms with E-state index >= 15 is 0 Å². The number of aromatic nitrogens is 1. The normalized spacial score (nSPS) is 11.9. The first-order valence-corrected chi connectivity index (χ1v) is 4.95. The fourth-order valence-electron chi connectivity index (χ4n) is 1.07. The van der Waals surface area contributed by atoms with Crippen molar-refractivity contribution < 1.29 is 17.9 Å². The molecule has 0 fully saturated rings. The van der Waals surface area contributed by atoms with Crippen molar-refractivity contribution in [2.45, 2.75) is 32.6 Å². The average Bonchev–Trinajstić information content (AvgIpc) is 2.14. The molecule has 0 N–H and O–H groups in total. The molecule has 0 amide bonds. The second-order valence-electron chi connectivity index (χ2n) is 4.05. The maximum Gasteiger partial charge on any atom is 0.278 e. The SMILES string of the molecule is CC(C)c1cc(OCC(C)(F)F)c(F)cn1. The van der Waals surface area contributed by atoms with E-state index in [2.05, 4.69) is 4.98 Å². The Labute approximate surface area is 92.5 Å². The van der Waals surface area contributed by atoms with Crippen molar-refractivity contribution in [3.05, 3.63) is 23.8 Å². The Bertz CT molecular complexity index is 361. The average molecular weight is 233 g/mol. The van der Waals surface area contributed by atoms with Crippen LogP contribution in [0.15, 0.2) is 12.3 Å². The topological polar surface area (TPSA) is 22.1 Å². The minimum Gasteiger partial charge on any atom is -0.484 e. The Kier molecular flexibility index (Phi) is 3.78. The summed E-state index contributed by atoms with van der Waals surface area (Å²) < 4.78 is 43.0. The smallest absolute Gasteiger partial charge is 0.278 e. The first kappa shape index (κ1) is 12.8. The van der Waals surface area contributed by atoms with Crippen LogP contribution in [0.3, 0.4) is 0 Å². The van der Waals surface area contributed by atoms with Crippen LogP contribution in [0.1, 0.15) is 32.4 Å². The van der Waals surface area contributed by atoms with Gasteiger partial charge in [0.1, 0.15) is 0 Å². The third-order valence-corrected chi connectivity index (χ3v) is 1.91. The van der Waals surface area contributed by atoms with Crippen LogP contribution < -0.4 is 4.74 Å². The molecule has 90 valence electrons. The van der Waals surface area contributed by atoms with E-state index in [9.17, 15) is 13.2 Å². The van der Waals surface area contributed by atoms with Gasteiger partial charge in [-0.3, -0.25) is 4.98 Å². The highest BCUT2D eigenvalue weighted by Gasteiger charge is 2.23. The lowest BCUT2D eigenvalue weighted by Crippen LogP contribution is -2.21. The molecule has 0 saturated heterocycles. The third kappa shape index (κ3) is 3.72. The number of hydrogen-bond acceptors (Lipinski definition) is 2. The molecular weight excluding hydrogens is 219 g/mol. The monoisotopic (exact) mass is 233 g/mol. The van der Waals surface area contributed by atoms with Crippen LogP contribution >= 0.6 is 0 Å². The van der Waals surface area contributed by atoms with E-state index in [-0.39, 0.29) is 11.7 Å². The van der Waals surface area contributed by atoms with Crippen LogP contribution in [0.5, 0.6) is 5.75 Å². The molecule has 0 saturated carbocycles. The number of hydrogen-bond donors (Lipinski definition) is 0. The summed E-state index contributed by atoms with van der Waals surface area (Å²) in [5.41, 5.74) is 0.607. The Hall–Kier alpha value is -1.26. The van der Waals surface area contributed by atoms with Gasteiger partial charge < -0.3 is 4.74 Å². The quantitative estimate of drug-likeness (QED) is 0.795. The zero-order valence-electron chi connectivity index (χ0n) is 9.43. The van der Waals surface area contributed by atoms with Gasteiger partial charge in [-0.05, 0) is 5.92 Å². The van der Waals surface area contributed by atoms with E-state index in [1.54, 1.807) is 0 Å². The van der Waals surface area contributed by atoms with E-state index in [0.717, 1.165) is 13.1 Å². The Balaban J connectivity index is 2.82. The van der Waals surface area contributed by atoms with Crippen LogP contribution in [0.25, 0.3) is 0 Å². The van der Waals surface area contributed by atoms with Gasteiger partial charge in [0, 0.05) is 18.7 Å². The second-order valence-corrected chi connectivity index (χ2v) is 4.05. The summed E-state index contributed by atoms with van der Waals surface area (Å²) in [5, 5.41) is 0. The van der Waals surface area contributed by atoms with Gasteiger partial charge in [0.05, 0.1) is 6.20 Å². The van der Waals surface area contributed by atoms with Gasteiger partial charge in [-0.1, -0.05) is 13.8 Å². The van der Waals surface area contributed by atoms with Gasteiger partial charge in [0.25, 0.3) is 5.92 Å². The second kappa shape index (κ2) is 4.72. The maximum absolute atomic E-state index is 13.2. The molecule has 1 rings (SSSR count). The van der Waals surface area contributed by atoms with Crippen molar-refractivity contribution in [3.8, 4) is 5.75 Å². The summed E-state index contributed by atoms with van der Waals surface area (Å²) in [6.07, 6.45) is 0.985. The van der Waals surface area contributed by atoms with Gasteiger partial charge in [-0.2, -0.15) is 0 Å². The standard InChI is InChI=1S/C11H14F3NO/c1-7(2)9-4-10(8(12)5-15-9)16-6-11(3,13)14/h4-5,7H,6H2,1-3H3. The van der Waals surface area contributed by atoms with Crippen LogP contribution in [-0.4, -0.2) is 17.5 Å². The molecular formula is C11H14F3NO. The lowest BCUT2D eigenvalue weighted by Gasteiger charge is -2.13. The molecule has 0 spiro atoms. The first-order chi connectivity index (χ1) is 7.29. The van der Waals surface area contributed by atoms with E-state index in [1.165, 1.54) is 6.07 Å². The van der Waals surface area contributed by atoms with E-state index < -0.39 is 18.3 Å². The molecule has 0 aliphatic rings. The highest BCUT2D eigenvalue weighted by Crippen LogP contribution is 2.23. The number of rotatable bonds is 4. The molecule has 0 aliphatic carbocycles. The lowest BCUT2D eigenvalue weighted by molar-refractivity contribution is -0.0239. The van der Waals surface area contributed by atoms with Crippen LogP contribution in [0, 0.1) is 5.82 Å². The van der Waals surface area contributed by atoms with Gasteiger partial charge in [-0.15, -0.1) is 0 Å². The molecule has 5 heteroatoms. The van der Waals surface area contributed by atoms with Crippen molar-refractivity contribution in [2.75, 3.05) is 6.61 Å². The molecule has 16 heavy (non-hydrogen) atoms. The molecule has 0 radical (unpaired) electrons. The minimum atomic E-state index is -2.98. The predicted octanol–water partition coefficient (Wildman–Crippen LogP) is 3.38. The lowest BCUT2D eigenvalue weighted by atomic mass is 10.1. The van der Waals surface area contributed by atoms with Crippen LogP contribution in [0.2, 0.25) is 0 Å². The summed E-state index contributed by atoms with van der Waals surface area (Å²) in [5.74, 6) is -3.80. The zero-order valence-corrected chi connectivity index (χ0v) is 9.43. The summed E-state index contributed by atoms with van der Waals surface area (Å²) in [6.45, 7) is 3.62. The molecule has 0 aromatic carbocycles.